The second-order valence-electron chi connectivity index (χ2n) is 4.65. The molecule has 110 valence electrons. The summed E-state index contributed by atoms with van der Waals surface area (Å²) in [5.41, 5.74) is 1.35. The molecule has 0 aliphatic rings. The molecule has 21 heavy (non-hydrogen) atoms. The van der Waals surface area contributed by atoms with E-state index in [1.54, 1.807) is 56.6 Å². The highest BCUT2D eigenvalue weighted by Gasteiger charge is 2.11. The minimum atomic E-state index is -0.258. The Kier molecular flexibility index (Phi) is 4.66. The number of nitrogens with zero attached hydrogens (tertiary/aromatic N) is 1. The van der Waals surface area contributed by atoms with Gasteiger partial charge in [0.15, 0.2) is 0 Å². The van der Waals surface area contributed by atoms with Gasteiger partial charge in [0.25, 0.3) is 0 Å². The number of para-hydroxylation sites is 1. The van der Waals surface area contributed by atoms with Gasteiger partial charge in [0.05, 0.1) is 13.7 Å². The SMILES string of the molecule is COc1cccc(NC(=O)N(C)Cc2ccccc2O)c1. The van der Waals surface area contributed by atoms with E-state index in [9.17, 15) is 9.90 Å². The van der Waals surface area contributed by atoms with Crippen molar-refractivity contribution in [1.29, 1.82) is 0 Å². The molecule has 0 atom stereocenters. The maximum Gasteiger partial charge on any atom is 0.321 e. The van der Waals surface area contributed by atoms with E-state index in [0.717, 1.165) is 0 Å². The molecule has 0 radical (unpaired) electrons. The van der Waals surface area contributed by atoms with Gasteiger partial charge in [-0.3, -0.25) is 0 Å². The van der Waals surface area contributed by atoms with Crippen molar-refractivity contribution < 1.29 is 14.6 Å². The van der Waals surface area contributed by atoms with Gasteiger partial charge in [0.1, 0.15) is 11.5 Å². The van der Waals surface area contributed by atoms with Gasteiger partial charge in [0, 0.05) is 24.4 Å². The van der Waals surface area contributed by atoms with Gasteiger partial charge in [-0.15, -0.1) is 0 Å². The van der Waals surface area contributed by atoms with Crippen LogP contribution in [0.1, 0.15) is 5.56 Å². The summed E-state index contributed by atoms with van der Waals surface area (Å²) in [7, 11) is 3.24. The van der Waals surface area contributed by atoms with Crippen molar-refractivity contribution in [3.05, 3.63) is 54.1 Å². The average Bonchev–Trinajstić information content (AvgIpc) is 2.49. The maximum atomic E-state index is 12.1. The monoisotopic (exact) mass is 286 g/mol. The first kappa shape index (κ1) is 14.7. The summed E-state index contributed by atoms with van der Waals surface area (Å²) in [6.45, 7) is 0.322. The smallest absolute Gasteiger partial charge is 0.321 e. The van der Waals surface area contributed by atoms with E-state index in [-0.39, 0.29) is 11.8 Å². The van der Waals surface area contributed by atoms with E-state index in [1.165, 1.54) is 4.90 Å². The number of phenols is 1. The number of urea groups is 1. The largest absolute Gasteiger partial charge is 0.508 e. The number of amides is 2. The molecule has 0 spiro atoms. The lowest BCUT2D eigenvalue weighted by Crippen LogP contribution is -2.30. The average molecular weight is 286 g/mol. The third kappa shape index (κ3) is 3.89. The number of nitrogens with one attached hydrogen (secondary N) is 1. The molecule has 5 heteroatoms. The van der Waals surface area contributed by atoms with E-state index in [4.69, 9.17) is 4.74 Å². The van der Waals surface area contributed by atoms with Crippen LogP contribution >= 0.6 is 0 Å². The minimum Gasteiger partial charge on any atom is -0.508 e. The van der Waals surface area contributed by atoms with E-state index in [0.29, 0.717) is 23.5 Å². The third-order valence-corrected chi connectivity index (χ3v) is 3.07. The summed E-state index contributed by atoms with van der Waals surface area (Å²) in [4.78, 5) is 13.6. The molecule has 2 N–H and O–H groups in total. The lowest BCUT2D eigenvalue weighted by Gasteiger charge is -2.18. The summed E-state index contributed by atoms with van der Waals surface area (Å²) in [5.74, 6) is 0.856. The molecule has 0 fully saturated rings. The predicted molar refractivity (Wildman–Crippen MR) is 81.6 cm³/mol. The number of benzene rings is 2. The van der Waals surface area contributed by atoms with Gasteiger partial charge in [-0.2, -0.15) is 0 Å². The Balaban J connectivity index is 2.01. The first-order chi connectivity index (χ1) is 10.1. The number of hydrogen-bond donors (Lipinski definition) is 2. The molecule has 0 unspecified atom stereocenters. The fourth-order valence-electron chi connectivity index (χ4n) is 1.89. The zero-order valence-corrected chi connectivity index (χ0v) is 12.0. The summed E-state index contributed by atoms with van der Waals surface area (Å²) >= 11 is 0. The number of phenolic OH excluding ortho intramolecular Hbond substituents is 1. The highest BCUT2D eigenvalue weighted by Crippen LogP contribution is 2.19. The number of carbonyl (C=O) groups excluding carboxylic acids is 1. The quantitative estimate of drug-likeness (QED) is 0.908. The van der Waals surface area contributed by atoms with E-state index >= 15 is 0 Å². The van der Waals surface area contributed by atoms with Crippen LogP contribution in [0.4, 0.5) is 10.5 Å². The van der Waals surface area contributed by atoms with Crippen LogP contribution in [0.5, 0.6) is 11.5 Å². The Morgan fingerprint density at radius 3 is 2.71 bits per heavy atom. The van der Waals surface area contributed by atoms with Crippen molar-refractivity contribution in [2.75, 3.05) is 19.5 Å². The van der Waals surface area contributed by atoms with Crippen LogP contribution in [0, 0.1) is 0 Å². The van der Waals surface area contributed by atoms with Crippen molar-refractivity contribution in [2.24, 2.45) is 0 Å². The Labute approximate surface area is 123 Å². The van der Waals surface area contributed by atoms with Crippen molar-refractivity contribution in [2.45, 2.75) is 6.54 Å². The zero-order chi connectivity index (χ0) is 15.2. The second kappa shape index (κ2) is 6.65. The number of aromatic hydroxyl groups is 1. The highest BCUT2D eigenvalue weighted by atomic mass is 16.5. The topological polar surface area (TPSA) is 61.8 Å². The minimum absolute atomic E-state index is 0.179. The van der Waals surface area contributed by atoms with Crippen LogP contribution in [0.3, 0.4) is 0 Å². The molecule has 5 nitrogen and oxygen atoms in total. The lowest BCUT2D eigenvalue weighted by molar-refractivity contribution is 0.220. The Morgan fingerprint density at radius 1 is 1.24 bits per heavy atom. The van der Waals surface area contributed by atoms with Crippen LogP contribution in [0.2, 0.25) is 0 Å². The van der Waals surface area contributed by atoms with Crippen molar-refractivity contribution in [1.82, 2.24) is 4.90 Å². The van der Waals surface area contributed by atoms with Gasteiger partial charge in [-0.1, -0.05) is 24.3 Å². The molecule has 2 rings (SSSR count). The van der Waals surface area contributed by atoms with Gasteiger partial charge >= 0.3 is 6.03 Å². The van der Waals surface area contributed by atoms with Gasteiger partial charge < -0.3 is 20.1 Å². The van der Waals surface area contributed by atoms with Crippen molar-refractivity contribution >= 4 is 11.7 Å². The van der Waals surface area contributed by atoms with Crippen LogP contribution in [0.15, 0.2) is 48.5 Å². The Hall–Kier alpha value is -2.69. The molecular formula is C16H18N2O3. The van der Waals surface area contributed by atoms with Gasteiger partial charge in [-0.25, -0.2) is 4.79 Å². The molecule has 0 bridgehead atoms. The molecule has 2 aromatic rings. The molecule has 0 saturated heterocycles. The number of anilines is 1. The lowest BCUT2D eigenvalue weighted by atomic mass is 10.2. The van der Waals surface area contributed by atoms with Crippen LogP contribution in [-0.2, 0) is 6.54 Å². The number of carbonyl (C=O) groups is 1. The molecule has 0 aromatic heterocycles. The third-order valence-electron chi connectivity index (χ3n) is 3.07. The van der Waals surface area contributed by atoms with Crippen molar-refractivity contribution in [3.63, 3.8) is 0 Å². The second-order valence-corrected chi connectivity index (χ2v) is 4.65. The van der Waals surface area contributed by atoms with Crippen LogP contribution in [-0.4, -0.2) is 30.2 Å². The van der Waals surface area contributed by atoms with E-state index < -0.39 is 0 Å². The maximum absolute atomic E-state index is 12.1. The fraction of sp³-hybridized carbons (Fsp3) is 0.188. The fourth-order valence-corrected chi connectivity index (χ4v) is 1.89. The molecule has 0 aliphatic heterocycles. The normalized spacial score (nSPS) is 10.0. The molecule has 0 aliphatic carbocycles. The number of methoxy groups -OCH3 is 1. The summed E-state index contributed by atoms with van der Waals surface area (Å²) in [6.07, 6.45) is 0. The molecule has 0 saturated carbocycles. The summed E-state index contributed by atoms with van der Waals surface area (Å²) in [6, 6.07) is 13.8. The van der Waals surface area contributed by atoms with Gasteiger partial charge in [-0.05, 0) is 18.2 Å². The number of rotatable bonds is 4. The van der Waals surface area contributed by atoms with Crippen LogP contribution in [0.25, 0.3) is 0 Å². The van der Waals surface area contributed by atoms with Gasteiger partial charge in [0.2, 0.25) is 0 Å². The first-order valence-corrected chi connectivity index (χ1v) is 6.53. The van der Waals surface area contributed by atoms with Crippen molar-refractivity contribution in [3.8, 4) is 11.5 Å². The Morgan fingerprint density at radius 2 is 2.00 bits per heavy atom. The zero-order valence-electron chi connectivity index (χ0n) is 12.0. The standard InChI is InChI=1S/C16H18N2O3/c1-18(11-12-6-3-4-9-15(12)19)16(20)17-13-7-5-8-14(10-13)21-2/h3-10,19H,11H2,1-2H3,(H,17,20). The highest BCUT2D eigenvalue weighted by molar-refractivity contribution is 5.89. The predicted octanol–water partition coefficient (Wildman–Crippen LogP) is 3.06. The molecule has 2 aromatic carbocycles. The number of hydrogen-bond acceptors (Lipinski definition) is 3. The molecule has 2 amide bonds. The van der Waals surface area contributed by atoms with E-state index in [1.807, 2.05) is 6.07 Å². The summed E-state index contributed by atoms with van der Waals surface area (Å²) in [5, 5.41) is 12.5. The first-order valence-electron chi connectivity index (χ1n) is 6.53. The van der Waals surface area contributed by atoms with E-state index in [2.05, 4.69) is 5.32 Å². The van der Waals surface area contributed by atoms with Crippen LogP contribution < -0.4 is 10.1 Å². The molecule has 0 heterocycles. The summed E-state index contributed by atoms with van der Waals surface area (Å²) < 4.78 is 5.11. The number of ether oxygens (including phenoxy) is 1. The molecular weight excluding hydrogens is 268 g/mol. The Bertz CT molecular complexity index is 628.